The quantitative estimate of drug-likeness (QED) is 0.687. The van der Waals surface area contributed by atoms with Gasteiger partial charge in [-0.25, -0.2) is 9.59 Å². The molecule has 0 aliphatic rings. The Labute approximate surface area is 163 Å². The van der Waals surface area contributed by atoms with E-state index >= 15 is 0 Å². The molecule has 0 saturated carbocycles. The first-order valence-corrected chi connectivity index (χ1v) is 8.19. The Hall–Kier alpha value is -3.50. The minimum absolute atomic E-state index is 0.0153. The number of halogens is 3. The highest BCUT2D eigenvalue weighted by atomic mass is 19.4. The highest BCUT2D eigenvalue weighted by molar-refractivity contribution is 5.97. The summed E-state index contributed by atoms with van der Waals surface area (Å²) in [5.41, 5.74) is 2.26. The molecule has 0 bridgehead atoms. The Kier molecular flexibility index (Phi) is 8.24. The van der Waals surface area contributed by atoms with E-state index in [4.69, 9.17) is 15.0 Å². The smallest absolute Gasteiger partial charge is 0.478 e. The molecular weight excluding hydrogens is 395 g/mol. The van der Waals surface area contributed by atoms with E-state index < -0.39 is 18.1 Å². The standard InChI is InChI=1S/C16H17N3O3.C2HF3O2/c1-3-11-7-17-5-4-14(11)10(2)19-15(20)12-6-13(16(21)22)9-18-8-12;3-2(4,5)1(6)7/h4-10H,3H2,1-2H3,(H,19,20)(H,21,22);(H,6,7). The Morgan fingerprint density at radius 1 is 1.10 bits per heavy atom. The summed E-state index contributed by atoms with van der Waals surface area (Å²) in [6, 6.07) is 2.97. The van der Waals surface area contributed by atoms with Crippen molar-refractivity contribution >= 4 is 17.8 Å². The van der Waals surface area contributed by atoms with Crippen LogP contribution in [0.1, 0.15) is 51.7 Å². The minimum atomic E-state index is -5.08. The number of nitrogens with zero attached hydrogens (tertiary/aromatic N) is 2. The second-order valence-electron chi connectivity index (χ2n) is 5.69. The third kappa shape index (κ3) is 7.20. The molecule has 29 heavy (non-hydrogen) atoms. The van der Waals surface area contributed by atoms with Crippen molar-refractivity contribution in [3.05, 3.63) is 59.2 Å². The Morgan fingerprint density at radius 3 is 2.21 bits per heavy atom. The molecule has 2 rings (SSSR count). The van der Waals surface area contributed by atoms with Crippen LogP contribution in [-0.4, -0.2) is 44.2 Å². The van der Waals surface area contributed by atoms with Crippen LogP contribution in [0.2, 0.25) is 0 Å². The molecule has 8 nitrogen and oxygen atoms in total. The van der Waals surface area contributed by atoms with Crippen molar-refractivity contribution in [2.24, 2.45) is 0 Å². The van der Waals surface area contributed by atoms with Crippen LogP contribution in [0.15, 0.2) is 36.9 Å². The average molecular weight is 413 g/mol. The zero-order valence-corrected chi connectivity index (χ0v) is 15.4. The minimum Gasteiger partial charge on any atom is -0.478 e. The lowest BCUT2D eigenvalue weighted by atomic mass is 10.0. The first-order valence-electron chi connectivity index (χ1n) is 8.19. The first kappa shape index (κ1) is 23.5. The van der Waals surface area contributed by atoms with Crippen LogP contribution in [0.3, 0.4) is 0 Å². The number of pyridine rings is 2. The number of aromatic carboxylic acids is 1. The van der Waals surface area contributed by atoms with Crippen LogP contribution in [0.5, 0.6) is 0 Å². The van der Waals surface area contributed by atoms with Gasteiger partial charge in [-0.05, 0) is 36.6 Å². The second kappa shape index (κ2) is 10.2. The number of hydrogen-bond acceptors (Lipinski definition) is 5. The number of alkyl halides is 3. The average Bonchev–Trinajstić information content (AvgIpc) is 2.67. The highest BCUT2D eigenvalue weighted by Gasteiger charge is 2.38. The first-order chi connectivity index (χ1) is 13.5. The molecular formula is C18H18F3N3O5. The Bertz CT molecular complexity index is 887. The van der Waals surface area contributed by atoms with Crippen molar-refractivity contribution in [3.8, 4) is 0 Å². The Balaban J connectivity index is 0.000000516. The van der Waals surface area contributed by atoms with Gasteiger partial charge in [0.05, 0.1) is 17.2 Å². The fraction of sp³-hybridized carbons (Fsp3) is 0.278. The van der Waals surface area contributed by atoms with E-state index in [1.165, 1.54) is 18.5 Å². The van der Waals surface area contributed by atoms with E-state index in [0.29, 0.717) is 0 Å². The van der Waals surface area contributed by atoms with Gasteiger partial charge in [0, 0.05) is 24.8 Å². The fourth-order valence-corrected chi connectivity index (χ4v) is 2.19. The largest absolute Gasteiger partial charge is 0.490 e. The van der Waals surface area contributed by atoms with Crippen molar-refractivity contribution in [3.63, 3.8) is 0 Å². The number of rotatable bonds is 5. The van der Waals surface area contributed by atoms with Crippen LogP contribution in [0.25, 0.3) is 0 Å². The Morgan fingerprint density at radius 2 is 1.69 bits per heavy atom. The van der Waals surface area contributed by atoms with E-state index in [1.54, 1.807) is 12.4 Å². The maximum Gasteiger partial charge on any atom is 0.490 e. The SMILES string of the molecule is CCc1cnccc1C(C)NC(=O)c1cncc(C(=O)O)c1.O=C(O)C(F)(F)F. The number of aryl methyl sites for hydroxylation is 1. The third-order valence-electron chi connectivity index (χ3n) is 3.63. The normalized spacial score (nSPS) is 11.6. The lowest BCUT2D eigenvalue weighted by molar-refractivity contribution is -0.192. The summed E-state index contributed by atoms with van der Waals surface area (Å²) in [6.45, 7) is 3.90. The number of carbonyl (C=O) groups is 3. The number of nitrogens with one attached hydrogen (secondary N) is 1. The molecule has 0 radical (unpaired) electrons. The van der Waals surface area contributed by atoms with Crippen LogP contribution in [-0.2, 0) is 11.2 Å². The fourth-order valence-electron chi connectivity index (χ4n) is 2.19. The van der Waals surface area contributed by atoms with E-state index in [2.05, 4.69) is 15.3 Å². The van der Waals surface area contributed by atoms with Crippen LogP contribution < -0.4 is 5.32 Å². The molecule has 2 heterocycles. The van der Waals surface area contributed by atoms with Crippen molar-refractivity contribution in [2.45, 2.75) is 32.5 Å². The number of carbonyl (C=O) groups excluding carboxylic acids is 1. The number of aliphatic carboxylic acids is 1. The summed E-state index contributed by atoms with van der Waals surface area (Å²) in [5.74, 6) is -4.23. The number of amides is 1. The van der Waals surface area contributed by atoms with Gasteiger partial charge >= 0.3 is 18.1 Å². The van der Waals surface area contributed by atoms with Gasteiger partial charge in [-0.15, -0.1) is 0 Å². The molecule has 0 spiro atoms. The van der Waals surface area contributed by atoms with Crippen LogP contribution >= 0.6 is 0 Å². The van der Waals surface area contributed by atoms with E-state index in [9.17, 15) is 22.8 Å². The van der Waals surface area contributed by atoms with E-state index in [1.807, 2.05) is 19.9 Å². The number of carboxylic acids is 2. The summed E-state index contributed by atoms with van der Waals surface area (Å²) in [7, 11) is 0. The summed E-state index contributed by atoms with van der Waals surface area (Å²) in [5, 5.41) is 18.9. The summed E-state index contributed by atoms with van der Waals surface area (Å²) < 4.78 is 31.7. The van der Waals surface area contributed by atoms with Crippen molar-refractivity contribution in [2.75, 3.05) is 0 Å². The molecule has 0 aliphatic carbocycles. The zero-order valence-electron chi connectivity index (χ0n) is 15.4. The molecule has 11 heteroatoms. The molecule has 1 unspecified atom stereocenters. The van der Waals surface area contributed by atoms with Crippen LogP contribution in [0, 0.1) is 0 Å². The topological polar surface area (TPSA) is 129 Å². The molecule has 3 N–H and O–H groups in total. The van der Waals surface area contributed by atoms with Gasteiger partial charge in [-0.3, -0.25) is 14.8 Å². The predicted octanol–water partition coefficient (Wildman–Crippen LogP) is 2.86. The van der Waals surface area contributed by atoms with E-state index in [-0.39, 0.29) is 23.1 Å². The third-order valence-corrected chi connectivity index (χ3v) is 3.63. The number of aromatic nitrogens is 2. The monoisotopic (exact) mass is 413 g/mol. The maximum atomic E-state index is 12.2. The van der Waals surface area contributed by atoms with Gasteiger partial charge in [-0.1, -0.05) is 6.92 Å². The molecule has 0 fully saturated rings. The summed E-state index contributed by atoms with van der Waals surface area (Å²) in [4.78, 5) is 39.9. The van der Waals surface area contributed by atoms with Gasteiger partial charge < -0.3 is 15.5 Å². The van der Waals surface area contributed by atoms with E-state index in [0.717, 1.165) is 17.5 Å². The summed E-state index contributed by atoms with van der Waals surface area (Å²) in [6.07, 6.45) is 1.76. The second-order valence-corrected chi connectivity index (χ2v) is 5.69. The van der Waals surface area contributed by atoms with Gasteiger partial charge in [-0.2, -0.15) is 13.2 Å². The van der Waals surface area contributed by atoms with Crippen LogP contribution in [0.4, 0.5) is 13.2 Å². The molecule has 1 atom stereocenters. The number of carboxylic acid groups (broad SMARTS) is 2. The summed E-state index contributed by atoms with van der Waals surface area (Å²) >= 11 is 0. The van der Waals surface area contributed by atoms with Crippen molar-refractivity contribution in [1.82, 2.24) is 15.3 Å². The van der Waals surface area contributed by atoms with Gasteiger partial charge in [0.1, 0.15) is 0 Å². The molecule has 156 valence electrons. The van der Waals surface area contributed by atoms with Crippen molar-refractivity contribution in [1.29, 1.82) is 0 Å². The van der Waals surface area contributed by atoms with Gasteiger partial charge in [0.15, 0.2) is 0 Å². The zero-order chi connectivity index (χ0) is 22.2. The lowest BCUT2D eigenvalue weighted by Crippen LogP contribution is -2.27. The molecule has 1 amide bonds. The predicted molar refractivity (Wildman–Crippen MR) is 94.4 cm³/mol. The molecule has 2 aromatic rings. The van der Waals surface area contributed by atoms with Crippen molar-refractivity contribution < 1.29 is 37.8 Å². The van der Waals surface area contributed by atoms with Gasteiger partial charge in [0.2, 0.25) is 0 Å². The van der Waals surface area contributed by atoms with Gasteiger partial charge in [0.25, 0.3) is 5.91 Å². The molecule has 0 aliphatic heterocycles. The number of hydrogen-bond donors (Lipinski definition) is 3. The highest BCUT2D eigenvalue weighted by Crippen LogP contribution is 2.18. The molecule has 2 aromatic heterocycles. The lowest BCUT2D eigenvalue weighted by Gasteiger charge is -2.17. The molecule has 0 aromatic carbocycles. The maximum absolute atomic E-state index is 12.2. The molecule has 0 saturated heterocycles.